The van der Waals surface area contributed by atoms with Crippen LogP contribution in [0.25, 0.3) is 0 Å². The van der Waals surface area contributed by atoms with Crippen molar-refractivity contribution in [1.82, 2.24) is 14.5 Å². The molecular weight excluding hydrogens is 360 g/mol. The van der Waals surface area contributed by atoms with Crippen molar-refractivity contribution in [3.8, 4) is 0 Å². The van der Waals surface area contributed by atoms with E-state index in [-0.39, 0.29) is 11.3 Å². The number of rotatable bonds is 2. The van der Waals surface area contributed by atoms with Gasteiger partial charge in [0.1, 0.15) is 0 Å². The minimum absolute atomic E-state index is 0.0680. The van der Waals surface area contributed by atoms with Gasteiger partial charge in [0, 0.05) is 28.7 Å². The summed E-state index contributed by atoms with van der Waals surface area (Å²) in [5, 5.41) is 7.15. The zero-order chi connectivity index (χ0) is 16.9. The fraction of sp³-hybridized carbons (Fsp3) is 0.400. The monoisotopic (exact) mass is 371 g/mol. The first kappa shape index (κ1) is 14.8. The number of halogens is 3. The summed E-state index contributed by atoms with van der Waals surface area (Å²) in [6.07, 6.45) is 1.70. The van der Waals surface area contributed by atoms with Gasteiger partial charge in [0.15, 0.2) is 0 Å². The fourth-order valence-electron chi connectivity index (χ4n) is 4.35. The summed E-state index contributed by atoms with van der Waals surface area (Å²) in [6, 6.07) is 4.18. The molecule has 2 aromatic rings. The molecule has 0 radical (unpaired) electrons. The highest BCUT2D eigenvalue weighted by Gasteiger charge is 2.82. The molecule has 4 unspecified atom stereocenters. The van der Waals surface area contributed by atoms with Crippen LogP contribution in [0.1, 0.15) is 17.3 Å². The molecule has 9 heteroatoms. The van der Waals surface area contributed by atoms with Crippen molar-refractivity contribution in [3.05, 3.63) is 46.7 Å². The molecule has 126 valence electrons. The Hall–Kier alpha value is -1.51. The number of sulfonamides is 1. The van der Waals surface area contributed by atoms with Gasteiger partial charge in [-0.25, -0.2) is 17.2 Å². The van der Waals surface area contributed by atoms with E-state index in [4.69, 9.17) is 11.6 Å². The maximum absolute atomic E-state index is 14.1. The molecule has 3 heterocycles. The second kappa shape index (κ2) is 4.36. The van der Waals surface area contributed by atoms with Crippen molar-refractivity contribution in [1.29, 1.82) is 0 Å². The van der Waals surface area contributed by atoms with Crippen LogP contribution in [0.15, 0.2) is 35.4 Å². The molecule has 2 aliphatic heterocycles. The number of hydrogen-bond donors (Lipinski definition) is 1. The van der Waals surface area contributed by atoms with E-state index in [1.165, 1.54) is 34.8 Å². The average molecular weight is 372 g/mol. The number of benzene rings is 1. The Bertz CT molecular complexity index is 944. The van der Waals surface area contributed by atoms with Crippen LogP contribution < -0.4 is 0 Å². The number of aromatic nitrogens is 2. The topological polar surface area (TPSA) is 66.1 Å². The maximum atomic E-state index is 14.1. The summed E-state index contributed by atoms with van der Waals surface area (Å²) in [7, 11) is -3.89. The first-order valence-electron chi connectivity index (χ1n) is 7.52. The molecule has 4 atom stereocenters. The van der Waals surface area contributed by atoms with Gasteiger partial charge in [0.2, 0.25) is 10.0 Å². The number of alkyl halides is 2. The summed E-state index contributed by atoms with van der Waals surface area (Å²) in [5.41, 5.74) is 1.32. The van der Waals surface area contributed by atoms with Gasteiger partial charge >= 0.3 is 0 Å². The van der Waals surface area contributed by atoms with Gasteiger partial charge in [-0.05, 0) is 24.3 Å². The van der Waals surface area contributed by atoms with E-state index >= 15 is 0 Å². The largest absolute Gasteiger partial charge is 0.282 e. The Labute approximate surface area is 141 Å². The second-order valence-corrected chi connectivity index (χ2v) is 8.81. The third-order valence-corrected chi connectivity index (χ3v) is 7.57. The van der Waals surface area contributed by atoms with Crippen molar-refractivity contribution >= 4 is 21.6 Å². The Morgan fingerprint density at radius 1 is 1.25 bits per heavy atom. The quantitative estimate of drug-likeness (QED) is 0.882. The number of aromatic amines is 1. The van der Waals surface area contributed by atoms with Gasteiger partial charge in [-0.15, -0.1) is 0 Å². The minimum Gasteiger partial charge on any atom is -0.282 e. The molecule has 0 amide bonds. The van der Waals surface area contributed by atoms with Crippen LogP contribution >= 0.6 is 11.6 Å². The summed E-state index contributed by atoms with van der Waals surface area (Å²) in [4.78, 5) is 0.0680. The number of piperidine rings is 1. The number of nitrogens with one attached hydrogen (secondary N) is 1. The summed E-state index contributed by atoms with van der Waals surface area (Å²) >= 11 is 5.82. The third kappa shape index (κ3) is 1.66. The van der Waals surface area contributed by atoms with Gasteiger partial charge < -0.3 is 0 Å². The van der Waals surface area contributed by atoms with Gasteiger partial charge in [0.25, 0.3) is 5.92 Å². The molecule has 1 aromatic heterocycles. The highest BCUT2D eigenvalue weighted by Crippen LogP contribution is 2.72. The number of hydrogen-bond acceptors (Lipinski definition) is 3. The first-order chi connectivity index (χ1) is 11.3. The van der Waals surface area contributed by atoms with Crippen LogP contribution in [0.3, 0.4) is 0 Å². The molecule has 5 rings (SSSR count). The molecule has 2 bridgehead atoms. The van der Waals surface area contributed by atoms with Gasteiger partial charge in [-0.1, -0.05) is 11.6 Å². The Morgan fingerprint density at radius 2 is 1.96 bits per heavy atom. The first-order valence-corrected chi connectivity index (χ1v) is 9.34. The van der Waals surface area contributed by atoms with Crippen LogP contribution in [-0.4, -0.2) is 34.9 Å². The highest BCUT2D eigenvalue weighted by atomic mass is 35.5. The molecule has 1 aromatic carbocycles. The minimum atomic E-state index is -3.89. The Morgan fingerprint density at radius 3 is 2.67 bits per heavy atom. The normalized spacial score (nSPS) is 33.1. The third-order valence-electron chi connectivity index (χ3n) is 5.39. The van der Waals surface area contributed by atoms with E-state index in [0.29, 0.717) is 10.6 Å². The van der Waals surface area contributed by atoms with E-state index in [1.54, 1.807) is 0 Å². The summed E-state index contributed by atoms with van der Waals surface area (Å²) in [5.74, 6) is -4.70. The number of H-pyrrole nitrogens is 1. The van der Waals surface area contributed by atoms with E-state index in [9.17, 15) is 17.2 Å². The van der Waals surface area contributed by atoms with Gasteiger partial charge in [0.05, 0.1) is 29.0 Å². The lowest BCUT2D eigenvalue weighted by Crippen LogP contribution is -2.47. The van der Waals surface area contributed by atoms with E-state index in [2.05, 4.69) is 10.2 Å². The zero-order valence-electron chi connectivity index (χ0n) is 12.2. The van der Waals surface area contributed by atoms with Crippen LogP contribution in [0.4, 0.5) is 8.78 Å². The predicted molar refractivity (Wildman–Crippen MR) is 81.2 cm³/mol. The Kier molecular flexibility index (Phi) is 2.69. The van der Waals surface area contributed by atoms with E-state index in [1.807, 2.05) is 0 Å². The molecular formula is C15H12ClF2N3O2S. The van der Waals surface area contributed by atoms with Crippen molar-refractivity contribution in [2.45, 2.75) is 29.3 Å². The molecule has 1 aliphatic carbocycles. The summed E-state index contributed by atoms with van der Waals surface area (Å²) in [6.45, 7) is 0. The molecule has 1 saturated heterocycles. The molecule has 2 fully saturated rings. The van der Waals surface area contributed by atoms with Crippen molar-refractivity contribution in [2.75, 3.05) is 0 Å². The molecule has 24 heavy (non-hydrogen) atoms. The van der Waals surface area contributed by atoms with Gasteiger partial charge in [-0.2, -0.15) is 9.40 Å². The average Bonchev–Trinajstić information content (AvgIpc) is 2.88. The lowest BCUT2D eigenvalue weighted by molar-refractivity contribution is 0.0312. The lowest BCUT2D eigenvalue weighted by Gasteiger charge is -2.37. The fourth-order valence-corrected chi connectivity index (χ4v) is 6.31. The van der Waals surface area contributed by atoms with Crippen LogP contribution in [0.5, 0.6) is 0 Å². The molecule has 0 spiro atoms. The van der Waals surface area contributed by atoms with E-state index < -0.39 is 39.9 Å². The molecule has 1 N–H and O–H groups in total. The van der Waals surface area contributed by atoms with Crippen molar-refractivity contribution in [2.24, 2.45) is 11.8 Å². The molecule has 1 saturated carbocycles. The van der Waals surface area contributed by atoms with Gasteiger partial charge in [-0.3, -0.25) is 5.10 Å². The number of fused-ring (bicyclic) bond motifs is 7. The standard InChI is InChI=1S/C15H12ClF2N3O2S/c16-7-1-3-8(4-2-7)24(22,23)21-11-5-10-9(6-19-20-10)14(21)13-12(11)15(13,17)18/h1-4,6,11-14H,5H2,(H,19,20). The summed E-state index contributed by atoms with van der Waals surface area (Å²) < 4.78 is 55.6. The van der Waals surface area contributed by atoms with Crippen molar-refractivity contribution < 1.29 is 17.2 Å². The lowest BCUT2D eigenvalue weighted by atomic mass is 9.97. The SMILES string of the molecule is O=S(=O)(c1ccc(Cl)cc1)N1C2Cc3[nH]ncc3C1C1C2C1(F)F. The van der Waals surface area contributed by atoms with Crippen LogP contribution in [0.2, 0.25) is 5.02 Å². The number of nitrogens with zero attached hydrogens (tertiary/aromatic N) is 2. The maximum Gasteiger partial charge on any atom is 0.258 e. The Balaban J connectivity index is 1.64. The highest BCUT2D eigenvalue weighted by molar-refractivity contribution is 7.89. The van der Waals surface area contributed by atoms with Crippen molar-refractivity contribution in [3.63, 3.8) is 0 Å². The van der Waals surface area contributed by atoms with Crippen LogP contribution in [0, 0.1) is 11.8 Å². The molecule has 5 nitrogen and oxygen atoms in total. The smallest absolute Gasteiger partial charge is 0.258 e. The van der Waals surface area contributed by atoms with E-state index in [0.717, 1.165) is 5.69 Å². The second-order valence-electron chi connectivity index (χ2n) is 6.54. The molecule has 3 aliphatic rings. The van der Waals surface area contributed by atoms with Crippen LogP contribution in [-0.2, 0) is 16.4 Å². The zero-order valence-corrected chi connectivity index (χ0v) is 13.7. The predicted octanol–water partition coefficient (Wildman–Crippen LogP) is 2.61.